The number of benzene rings is 2. The van der Waals surface area contributed by atoms with Gasteiger partial charge in [0.05, 0.1) is 0 Å². The summed E-state index contributed by atoms with van der Waals surface area (Å²) in [6.45, 7) is 0.490. The molecule has 1 atom stereocenters. The molecule has 2 aromatic rings. The van der Waals surface area contributed by atoms with Gasteiger partial charge in [-0.15, -0.1) is 0 Å². The number of carbonyl (C=O) groups excluding carboxylic acids is 4. The topological polar surface area (TPSA) is 92.8 Å². The SMILES string of the molecule is O=C1CCC[C@H](N2Cc3cc(/C=C/C(=O)OCc4ccccc4)ccc3C2=O)C(=O)N1. The van der Waals surface area contributed by atoms with Gasteiger partial charge in [0.15, 0.2) is 0 Å². The summed E-state index contributed by atoms with van der Waals surface area (Å²) in [5, 5.41) is 2.35. The maximum Gasteiger partial charge on any atom is 0.331 e. The molecule has 0 radical (unpaired) electrons. The van der Waals surface area contributed by atoms with Crippen molar-refractivity contribution in [1.29, 1.82) is 0 Å². The largest absolute Gasteiger partial charge is 0.458 e. The minimum atomic E-state index is -0.654. The molecule has 0 aromatic heterocycles. The van der Waals surface area contributed by atoms with Gasteiger partial charge in [-0.3, -0.25) is 19.7 Å². The standard InChI is InChI=1S/C24H22N2O5/c27-21-8-4-7-20(23(29)25-21)26-14-18-13-16(9-11-19(18)24(26)30)10-12-22(28)31-15-17-5-2-1-3-6-17/h1-3,5-6,9-13,20H,4,7-8,14-15H2,(H,25,27,29)/b12-10+/t20-/m0/s1. The van der Waals surface area contributed by atoms with Crippen molar-refractivity contribution in [2.45, 2.75) is 38.5 Å². The Morgan fingerprint density at radius 3 is 2.74 bits per heavy atom. The van der Waals surface area contributed by atoms with Crippen LogP contribution in [0.5, 0.6) is 0 Å². The van der Waals surface area contributed by atoms with Crippen molar-refractivity contribution in [2.24, 2.45) is 0 Å². The van der Waals surface area contributed by atoms with Gasteiger partial charge in [-0.1, -0.05) is 36.4 Å². The highest BCUT2D eigenvalue weighted by molar-refractivity contribution is 6.04. The van der Waals surface area contributed by atoms with Crippen molar-refractivity contribution in [1.82, 2.24) is 10.2 Å². The number of hydrogen-bond donors (Lipinski definition) is 1. The van der Waals surface area contributed by atoms with E-state index in [4.69, 9.17) is 4.74 Å². The van der Waals surface area contributed by atoms with Gasteiger partial charge in [0.1, 0.15) is 12.6 Å². The lowest BCUT2D eigenvalue weighted by Gasteiger charge is -2.24. The third-order valence-electron chi connectivity index (χ3n) is 5.42. The molecule has 158 valence electrons. The molecule has 31 heavy (non-hydrogen) atoms. The molecule has 3 amide bonds. The van der Waals surface area contributed by atoms with Crippen LogP contribution in [0.2, 0.25) is 0 Å². The number of nitrogens with one attached hydrogen (secondary N) is 1. The molecular formula is C24H22N2O5. The summed E-state index contributed by atoms with van der Waals surface area (Å²) in [7, 11) is 0. The monoisotopic (exact) mass is 418 g/mol. The Kier molecular flexibility index (Phi) is 5.93. The zero-order chi connectivity index (χ0) is 21.8. The normalized spacial score (nSPS) is 18.6. The number of nitrogens with zero attached hydrogens (tertiary/aromatic N) is 1. The molecule has 2 heterocycles. The highest BCUT2D eigenvalue weighted by Crippen LogP contribution is 2.28. The minimum Gasteiger partial charge on any atom is -0.458 e. The van der Waals surface area contributed by atoms with Gasteiger partial charge in [-0.05, 0) is 47.7 Å². The maximum atomic E-state index is 12.8. The highest BCUT2D eigenvalue weighted by Gasteiger charge is 2.37. The molecule has 4 rings (SSSR count). The Bertz CT molecular complexity index is 1060. The second-order valence-corrected chi connectivity index (χ2v) is 7.60. The Hall–Kier alpha value is -3.74. The average Bonchev–Trinajstić information content (AvgIpc) is 2.99. The molecule has 1 fully saturated rings. The lowest BCUT2D eigenvalue weighted by Crippen LogP contribution is -2.46. The van der Waals surface area contributed by atoms with E-state index >= 15 is 0 Å². The molecule has 1 N–H and O–H groups in total. The molecular weight excluding hydrogens is 396 g/mol. The summed E-state index contributed by atoms with van der Waals surface area (Å²) in [5.41, 5.74) is 2.98. The quantitative estimate of drug-likeness (QED) is 0.458. The first-order chi connectivity index (χ1) is 15.0. The van der Waals surface area contributed by atoms with E-state index in [2.05, 4.69) is 5.32 Å². The zero-order valence-corrected chi connectivity index (χ0v) is 16.9. The predicted octanol–water partition coefficient (Wildman–Crippen LogP) is 2.59. The first-order valence-electron chi connectivity index (χ1n) is 10.2. The van der Waals surface area contributed by atoms with Gasteiger partial charge < -0.3 is 9.64 Å². The van der Waals surface area contributed by atoms with E-state index in [0.29, 0.717) is 24.9 Å². The van der Waals surface area contributed by atoms with Crippen molar-refractivity contribution >= 4 is 29.8 Å². The summed E-state index contributed by atoms with van der Waals surface area (Å²) in [6, 6.07) is 14.0. The number of rotatable bonds is 5. The zero-order valence-electron chi connectivity index (χ0n) is 16.9. The summed E-state index contributed by atoms with van der Waals surface area (Å²) in [5.74, 6) is -1.41. The van der Waals surface area contributed by atoms with Gasteiger partial charge >= 0.3 is 5.97 Å². The molecule has 0 aliphatic carbocycles. The van der Waals surface area contributed by atoms with Crippen LogP contribution < -0.4 is 5.32 Å². The summed E-state index contributed by atoms with van der Waals surface area (Å²) in [6.07, 6.45) is 4.28. The van der Waals surface area contributed by atoms with Gasteiger partial charge in [0, 0.05) is 24.6 Å². The van der Waals surface area contributed by atoms with E-state index in [1.807, 2.05) is 36.4 Å². The molecule has 7 heteroatoms. The number of carbonyl (C=O) groups is 4. The number of amides is 3. The Balaban J connectivity index is 1.41. The van der Waals surface area contributed by atoms with E-state index in [1.54, 1.807) is 18.2 Å². The molecule has 2 aromatic carbocycles. The molecule has 0 unspecified atom stereocenters. The van der Waals surface area contributed by atoms with Crippen LogP contribution in [0.15, 0.2) is 54.6 Å². The van der Waals surface area contributed by atoms with E-state index in [0.717, 1.165) is 16.7 Å². The van der Waals surface area contributed by atoms with Crippen LogP contribution in [0.1, 0.15) is 46.3 Å². The van der Waals surface area contributed by atoms with Gasteiger partial charge in [0.25, 0.3) is 5.91 Å². The van der Waals surface area contributed by atoms with Crippen LogP contribution in [0.4, 0.5) is 0 Å². The fourth-order valence-corrected chi connectivity index (χ4v) is 3.83. The maximum absolute atomic E-state index is 12.8. The lowest BCUT2D eigenvalue weighted by atomic mass is 10.1. The molecule has 0 saturated carbocycles. The smallest absolute Gasteiger partial charge is 0.331 e. The van der Waals surface area contributed by atoms with E-state index in [-0.39, 0.29) is 24.8 Å². The average molecular weight is 418 g/mol. The molecule has 2 aliphatic rings. The third-order valence-corrected chi connectivity index (χ3v) is 5.42. The van der Waals surface area contributed by atoms with Crippen LogP contribution in [0.3, 0.4) is 0 Å². The van der Waals surface area contributed by atoms with E-state index < -0.39 is 17.9 Å². The Labute approximate surface area is 179 Å². The number of esters is 1. The van der Waals surface area contributed by atoms with Crippen molar-refractivity contribution in [3.8, 4) is 0 Å². The second kappa shape index (κ2) is 8.95. The molecule has 0 spiro atoms. The lowest BCUT2D eigenvalue weighted by molar-refractivity contribution is -0.139. The number of hydrogen-bond acceptors (Lipinski definition) is 5. The van der Waals surface area contributed by atoms with Crippen LogP contribution >= 0.6 is 0 Å². The van der Waals surface area contributed by atoms with Crippen LogP contribution in [0, 0.1) is 0 Å². The predicted molar refractivity (Wildman–Crippen MR) is 112 cm³/mol. The van der Waals surface area contributed by atoms with Crippen molar-refractivity contribution in [3.05, 3.63) is 76.9 Å². The summed E-state index contributed by atoms with van der Waals surface area (Å²) in [4.78, 5) is 50.2. The molecule has 1 saturated heterocycles. The third kappa shape index (κ3) is 4.71. The molecule has 7 nitrogen and oxygen atoms in total. The van der Waals surface area contributed by atoms with Crippen LogP contribution in [-0.4, -0.2) is 34.6 Å². The Morgan fingerprint density at radius 1 is 1.13 bits per heavy atom. The summed E-state index contributed by atoms with van der Waals surface area (Å²) >= 11 is 0. The number of imide groups is 1. The summed E-state index contributed by atoms with van der Waals surface area (Å²) < 4.78 is 5.23. The van der Waals surface area contributed by atoms with Crippen molar-refractivity contribution in [3.63, 3.8) is 0 Å². The van der Waals surface area contributed by atoms with E-state index in [9.17, 15) is 19.2 Å². The Morgan fingerprint density at radius 2 is 1.94 bits per heavy atom. The van der Waals surface area contributed by atoms with Gasteiger partial charge in [-0.25, -0.2) is 4.79 Å². The highest BCUT2D eigenvalue weighted by atomic mass is 16.5. The first kappa shape index (κ1) is 20.5. The number of ether oxygens (including phenoxy) is 1. The minimum absolute atomic E-state index is 0.198. The van der Waals surface area contributed by atoms with Crippen LogP contribution in [-0.2, 0) is 32.3 Å². The number of fused-ring (bicyclic) bond motifs is 1. The molecule has 0 bridgehead atoms. The van der Waals surface area contributed by atoms with E-state index in [1.165, 1.54) is 11.0 Å². The van der Waals surface area contributed by atoms with Gasteiger partial charge in [-0.2, -0.15) is 0 Å². The van der Waals surface area contributed by atoms with Gasteiger partial charge in [0.2, 0.25) is 11.8 Å². The van der Waals surface area contributed by atoms with Crippen LogP contribution in [0.25, 0.3) is 6.08 Å². The molecule has 2 aliphatic heterocycles. The first-order valence-corrected chi connectivity index (χ1v) is 10.2. The second-order valence-electron chi connectivity index (χ2n) is 7.60. The fourth-order valence-electron chi connectivity index (χ4n) is 3.83. The van der Waals surface area contributed by atoms with Crippen molar-refractivity contribution < 1.29 is 23.9 Å². The van der Waals surface area contributed by atoms with Crippen molar-refractivity contribution in [2.75, 3.05) is 0 Å². The fraction of sp³-hybridized carbons (Fsp3) is 0.250.